The minimum Gasteiger partial charge on any atom is -0.393 e. The number of aliphatic hydroxyl groups is 1. The minimum atomic E-state index is -0.174. The van der Waals surface area contributed by atoms with Crippen molar-refractivity contribution in [3.8, 4) is 0 Å². The van der Waals surface area contributed by atoms with Gasteiger partial charge in [-0.1, -0.05) is 77.3 Å². The summed E-state index contributed by atoms with van der Waals surface area (Å²) in [5.41, 5.74) is 4.70. The average molecular weight is 399 g/mol. The van der Waals surface area contributed by atoms with Crippen LogP contribution < -0.4 is 0 Å². The van der Waals surface area contributed by atoms with Gasteiger partial charge in [0.25, 0.3) is 0 Å². The summed E-state index contributed by atoms with van der Waals surface area (Å²) in [6.07, 6.45) is 16.8. The molecule has 0 aliphatic heterocycles. The standard InChI is InChI=1S/C28H46O/c1-19(2)20(3)9-10-22(5)26-15-16-27-23(8-7-17-28(26,27)6)12-13-24-18-25(29)14-11-21(24)4/h12-13,19-20,22,25-27,29H,4,7-11,14-18H2,1-3,5-6H3/t20-,22+,25?,26+,27-,28+/m0/s1. The molecule has 0 amide bonds. The SMILES string of the molecule is C=C1CCC(O)CC1=CC=C1CCC[C@]2(C)[C@@H]([C@H](C)CC[C@H](C)C(C)C)CC[C@@H]12. The highest BCUT2D eigenvalue weighted by Gasteiger charge is 2.50. The van der Waals surface area contributed by atoms with E-state index in [0.29, 0.717) is 5.41 Å². The molecule has 6 atom stereocenters. The van der Waals surface area contributed by atoms with Crippen LogP contribution in [0.5, 0.6) is 0 Å². The van der Waals surface area contributed by atoms with Crippen LogP contribution >= 0.6 is 0 Å². The first kappa shape index (κ1) is 22.9. The number of aliphatic hydroxyl groups excluding tert-OH is 1. The van der Waals surface area contributed by atoms with E-state index in [1.54, 1.807) is 5.57 Å². The zero-order valence-corrected chi connectivity index (χ0v) is 19.8. The number of fused-ring (bicyclic) bond motifs is 1. The van der Waals surface area contributed by atoms with Crippen molar-refractivity contribution in [2.24, 2.45) is 35.0 Å². The second-order valence-corrected chi connectivity index (χ2v) is 11.3. The maximum absolute atomic E-state index is 10.0. The van der Waals surface area contributed by atoms with Crippen molar-refractivity contribution < 1.29 is 5.11 Å². The van der Waals surface area contributed by atoms with E-state index in [1.807, 2.05) is 0 Å². The van der Waals surface area contributed by atoms with Gasteiger partial charge in [-0.15, -0.1) is 0 Å². The van der Waals surface area contributed by atoms with Gasteiger partial charge in [0.05, 0.1) is 6.10 Å². The Morgan fingerprint density at radius 2 is 1.83 bits per heavy atom. The molecule has 0 aromatic heterocycles. The van der Waals surface area contributed by atoms with Gasteiger partial charge in [-0.3, -0.25) is 0 Å². The first-order valence-electron chi connectivity index (χ1n) is 12.5. The van der Waals surface area contributed by atoms with E-state index in [9.17, 15) is 5.11 Å². The van der Waals surface area contributed by atoms with Crippen LogP contribution in [0.2, 0.25) is 0 Å². The van der Waals surface area contributed by atoms with Gasteiger partial charge < -0.3 is 5.11 Å². The Labute approximate surface area is 180 Å². The van der Waals surface area contributed by atoms with E-state index in [2.05, 4.69) is 53.3 Å². The van der Waals surface area contributed by atoms with Crippen LogP contribution in [0, 0.1) is 35.0 Å². The third-order valence-corrected chi connectivity index (χ3v) is 9.13. The third-order valence-electron chi connectivity index (χ3n) is 9.13. The lowest BCUT2D eigenvalue weighted by atomic mass is 9.60. The van der Waals surface area contributed by atoms with Gasteiger partial charge in [-0.25, -0.2) is 0 Å². The summed E-state index contributed by atoms with van der Waals surface area (Å²) in [5, 5.41) is 10.0. The van der Waals surface area contributed by atoms with Gasteiger partial charge in [0, 0.05) is 0 Å². The zero-order chi connectivity index (χ0) is 21.2. The molecule has 3 saturated carbocycles. The van der Waals surface area contributed by atoms with Crippen LogP contribution in [0.1, 0.15) is 98.8 Å². The Hall–Kier alpha value is -0.820. The second-order valence-electron chi connectivity index (χ2n) is 11.3. The lowest BCUT2D eigenvalue weighted by Gasteiger charge is -2.44. The number of hydrogen-bond donors (Lipinski definition) is 1. The molecule has 0 aromatic rings. The van der Waals surface area contributed by atoms with Crippen molar-refractivity contribution in [1.29, 1.82) is 0 Å². The largest absolute Gasteiger partial charge is 0.393 e. The zero-order valence-electron chi connectivity index (χ0n) is 19.8. The summed E-state index contributed by atoms with van der Waals surface area (Å²) < 4.78 is 0. The van der Waals surface area contributed by atoms with Crippen molar-refractivity contribution in [3.63, 3.8) is 0 Å². The molecule has 1 unspecified atom stereocenters. The summed E-state index contributed by atoms with van der Waals surface area (Å²) in [5.74, 6) is 4.14. The quantitative estimate of drug-likeness (QED) is 0.482. The predicted octanol–water partition coefficient (Wildman–Crippen LogP) is 7.87. The molecule has 3 rings (SSSR count). The molecule has 1 heteroatoms. The molecule has 164 valence electrons. The first-order chi connectivity index (χ1) is 13.7. The van der Waals surface area contributed by atoms with Crippen molar-refractivity contribution in [1.82, 2.24) is 0 Å². The van der Waals surface area contributed by atoms with Crippen LogP contribution in [-0.2, 0) is 0 Å². The van der Waals surface area contributed by atoms with Crippen molar-refractivity contribution in [2.75, 3.05) is 0 Å². The molecule has 1 N–H and O–H groups in total. The number of hydrogen-bond acceptors (Lipinski definition) is 1. The molecule has 1 nitrogen and oxygen atoms in total. The smallest absolute Gasteiger partial charge is 0.0583 e. The number of rotatable bonds is 6. The Morgan fingerprint density at radius 3 is 2.55 bits per heavy atom. The highest BCUT2D eigenvalue weighted by molar-refractivity contribution is 5.36. The normalized spacial score (nSPS) is 37.9. The highest BCUT2D eigenvalue weighted by Crippen LogP contribution is 2.60. The van der Waals surface area contributed by atoms with Gasteiger partial charge in [-0.05, 0) is 91.9 Å². The molecule has 3 fully saturated rings. The third kappa shape index (κ3) is 5.09. The van der Waals surface area contributed by atoms with Crippen LogP contribution in [0.25, 0.3) is 0 Å². The monoisotopic (exact) mass is 398 g/mol. The summed E-state index contributed by atoms with van der Waals surface area (Å²) in [6, 6.07) is 0. The molecular formula is C28H46O. The molecule has 0 heterocycles. The van der Waals surface area contributed by atoms with Crippen LogP contribution in [0.3, 0.4) is 0 Å². The average Bonchev–Trinajstić information content (AvgIpc) is 3.04. The Morgan fingerprint density at radius 1 is 1.07 bits per heavy atom. The minimum absolute atomic E-state index is 0.174. The molecular weight excluding hydrogens is 352 g/mol. The molecule has 0 spiro atoms. The van der Waals surface area contributed by atoms with Crippen molar-refractivity contribution >= 4 is 0 Å². The topological polar surface area (TPSA) is 20.2 Å². The van der Waals surface area contributed by atoms with Gasteiger partial charge in [0.2, 0.25) is 0 Å². The van der Waals surface area contributed by atoms with E-state index in [1.165, 1.54) is 56.1 Å². The van der Waals surface area contributed by atoms with Crippen molar-refractivity contribution in [3.05, 3.63) is 35.5 Å². The molecule has 29 heavy (non-hydrogen) atoms. The van der Waals surface area contributed by atoms with Gasteiger partial charge in [-0.2, -0.15) is 0 Å². The number of allylic oxidation sites excluding steroid dienone is 4. The molecule has 3 aliphatic rings. The summed E-state index contributed by atoms with van der Waals surface area (Å²) in [6.45, 7) is 16.6. The lowest BCUT2D eigenvalue weighted by Crippen LogP contribution is -2.36. The van der Waals surface area contributed by atoms with Gasteiger partial charge in [0.15, 0.2) is 0 Å². The molecule has 3 aliphatic carbocycles. The highest BCUT2D eigenvalue weighted by atomic mass is 16.3. The van der Waals surface area contributed by atoms with Gasteiger partial charge >= 0.3 is 0 Å². The van der Waals surface area contributed by atoms with E-state index >= 15 is 0 Å². The first-order valence-corrected chi connectivity index (χ1v) is 12.5. The molecule has 0 saturated heterocycles. The molecule has 0 bridgehead atoms. The van der Waals surface area contributed by atoms with Gasteiger partial charge in [0.1, 0.15) is 0 Å². The van der Waals surface area contributed by atoms with E-state index in [-0.39, 0.29) is 6.10 Å². The van der Waals surface area contributed by atoms with E-state index in [4.69, 9.17) is 0 Å². The van der Waals surface area contributed by atoms with E-state index < -0.39 is 0 Å². The summed E-state index contributed by atoms with van der Waals surface area (Å²) >= 11 is 0. The van der Waals surface area contributed by atoms with Crippen molar-refractivity contribution in [2.45, 2.75) is 105 Å². The summed E-state index contributed by atoms with van der Waals surface area (Å²) in [7, 11) is 0. The summed E-state index contributed by atoms with van der Waals surface area (Å²) in [4.78, 5) is 0. The Kier molecular flexibility index (Phi) is 7.52. The fourth-order valence-electron chi connectivity index (χ4n) is 6.67. The Bertz CT molecular complexity index is 639. The predicted molar refractivity (Wildman–Crippen MR) is 126 cm³/mol. The fraction of sp³-hybridized carbons (Fsp3) is 0.786. The lowest BCUT2D eigenvalue weighted by molar-refractivity contribution is 0.0907. The maximum atomic E-state index is 10.0. The van der Waals surface area contributed by atoms with Crippen LogP contribution in [-0.4, -0.2) is 11.2 Å². The van der Waals surface area contributed by atoms with Crippen LogP contribution in [0.15, 0.2) is 35.5 Å². The molecule has 0 aromatic carbocycles. The maximum Gasteiger partial charge on any atom is 0.0583 e. The molecule has 0 radical (unpaired) electrons. The fourth-order valence-corrected chi connectivity index (χ4v) is 6.67. The van der Waals surface area contributed by atoms with E-state index in [0.717, 1.165) is 48.9 Å². The van der Waals surface area contributed by atoms with Crippen LogP contribution in [0.4, 0.5) is 0 Å². The second kappa shape index (κ2) is 9.54. The Balaban J connectivity index is 1.70.